The van der Waals surface area contributed by atoms with Gasteiger partial charge in [0.05, 0.1) is 29.6 Å². The molecule has 6 nitrogen and oxygen atoms in total. The van der Waals surface area contributed by atoms with Gasteiger partial charge >= 0.3 is 0 Å². The summed E-state index contributed by atoms with van der Waals surface area (Å²) in [5, 5.41) is 9.48. The number of nitrogens with one attached hydrogen (secondary N) is 1. The Bertz CT molecular complexity index is 989. The first-order valence-electron chi connectivity index (χ1n) is 7.36. The average Bonchev–Trinajstić information content (AvgIpc) is 2.62. The van der Waals surface area contributed by atoms with Crippen molar-refractivity contribution in [1.29, 1.82) is 5.26 Å². The molecule has 6 heteroatoms. The van der Waals surface area contributed by atoms with Crippen LogP contribution in [0.15, 0.2) is 47.3 Å². The van der Waals surface area contributed by atoms with Crippen molar-refractivity contribution in [1.82, 2.24) is 9.97 Å². The van der Waals surface area contributed by atoms with E-state index in [0.717, 1.165) is 0 Å². The first kappa shape index (κ1) is 15.6. The number of nitrogens with zero attached hydrogens (tertiary/aromatic N) is 2. The summed E-state index contributed by atoms with van der Waals surface area (Å²) in [5.41, 5.74) is 0.875. The third kappa shape index (κ3) is 2.92. The van der Waals surface area contributed by atoms with E-state index in [4.69, 9.17) is 14.7 Å². The molecule has 2 aromatic carbocycles. The number of ether oxygens (including phenoxy) is 2. The van der Waals surface area contributed by atoms with Crippen LogP contribution in [-0.2, 0) is 0 Å². The van der Waals surface area contributed by atoms with Crippen LogP contribution in [0.4, 0.5) is 0 Å². The fraction of sp³-hybridized carbons (Fsp3) is 0.167. The summed E-state index contributed by atoms with van der Waals surface area (Å²) in [6.45, 7) is 1.78. The highest BCUT2D eigenvalue weighted by molar-refractivity contribution is 5.77. The normalized spacial score (nSPS) is 11.7. The van der Waals surface area contributed by atoms with Gasteiger partial charge in [-0.3, -0.25) is 4.79 Å². The van der Waals surface area contributed by atoms with Gasteiger partial charge in [0.2, 0.25) is 0 Å². The van der Waals surface area contributed by atoms with Crippen molar-refractivity contribution in [2.75, 3.05) is 7.11 Å². The summed E-state index contributed by atoms with van der Waals surface area (Å²) in [5.74, 6) is 1.34. The van der Waals surface area contributed by atoms with Crippen LogP contribution in [0.2, 0.25) is 0 Å². The van der Waals surface area contributed by atoms with E-state index in [9.17, 15) is 4.79 Å². The third-order valence-corrected chi connectivity index (χ3v) is 3.61. The van der Waals surface area contributed by atoms with Gasteiger partial charge in [-0.05, 0) is 31.2 Å². The van der Waals surface area contributed by atoms with E-state index in [1.165, 1.54) is 7.11 Å². The van der Waals surface area contributed by atoms with E-state index in [1.54, 1.807) is 43.3 Å². The van der Waals surface area contributed by atoms with Gasteiger partial charge < -0.3 is 14.5 Å². The number of benzene rings is 2. The first-order valence-corrected chi connectivity index (χ1v) is 7.36. The minimum absolute atomic E-state index is 0.210. The zero-order chi connectivity index (χ0) is 17.1. The standard InChI is InChI=1S/C18H15N3O3/c1-11(24-15-8-7-12(10-19)9-16(15)23-2)17-20-14-6-4-3-5-13(14)18(22)21-17/h3-9,11H,1-2H3,(H,20,21,22)/t11-/m1/s1. The lowest BCUT2D eigenvalue weighted by molar-refractivity contribution is 0.206. The van der Waals surface area contributed by atoms with Gasteiger partial charge in [0.15, 0.2) is 23.4 Å². The Hall–Kier alpha value is -3.33. The lowest BCUT2D eigenvalue weighted by Gasteiger charge is -2.16. The summed E-state index contributed by atoms with van der Waals surface area (Å²) in [4.78, 5) is 19.3. The number of nitriles is 1. The third-order valence-electron chi connectivity index (χ3n) is 3.61. The smallest absolute Gasteiger partial charge is 0.258 e. The number of para-hydroxylation sites is 1. The molecule has 120 valence electrons. The number of hydrogen-bond donors (Lipinski definition) is 1. The SMILES string of the molecule is COc1cc(C#N)ccc1O[C@H](C)c1nc2ccccc2c(=O)[nH]1. The molecule has 3 aromatic rings. The Kier molecular flexibility index (Phi) is 4.17. The number of aromatic amines is 1. The van der Waals surface area contributed by atoms with Gasteiger partial charge in [-0.1, -0.05) is 12.1 Å². The quantitative estimate of drug-likeness (QED) is 0.798. The molecule has 0 aliphatic rings. The maximum Gasteiger partial charge on any atom is 0.258 e. The predicted octanol–water partition coefficient (Wildman–Crippen LogP) is 2.94. The van der Waals surface area contributed by atoms with E-state index >= 15 is 0 Å². The van der Waals surface area contributed by atoms with Crippen molar-refractivity contribution in [2.24, 2.45) is 0 Å². The molecule has 0 unspecified atom stereocenters. The van der Waals surface area contributed by atoms with Crippen LogP contribution in [-0.4, -0.2) is 17.1 Å². The Labute approximate surface area is 138 Å². The van der Waals surface area contributed by atoms with Gasteiger partial charge in [0.25, 0.3) is 5.56 Å². The topological polar surface area (TPSA) is 88.0 Å². The van der Waals surface area contributed by atoms with Crippen LogP contribution in [0.25, 0.3) is 10.9 Å². The molecule has 0 fully saturated rings. The lowest BCUT2D eigenvalue weighted by Crippen LogP contribution is -2.16. The first-order chi connectivity index (χ1) is 11.6. The maximum atomic E-state index is 12.2. The molecule has 0 saturated carbocycles. The number of rotatable bonds is 4. The van der Waals surface area contributed by atoms with Gasteiger partial charge in [-0.2, -0.15) is 5.26 Å². The van der Waals surface area contributed by atoms with Gasteiger partial charge in [-0.15, -0.1) is 0 Å². The second-order valence-electron chi connectivity index (χ2n) is 5.21. The van der Waals surface area contributed by atoms with Crippen molar-refractivity contribution < 1.29 is 9.47 Å². The average molecular weight is 321 g/mol. The summed E-state index contributed by atoms with van der Waals surface area (Å²) in [7, 11) is 1.50. The molecule has 0 saturated heterocycles. The molecular formula is C18H15N3O3. The van der Waals surface area contributed by atoms with Crippen LogP contribution in [0, 0.1) is 11.3 Å². The summed E-state index contributed by atoms with van der Waals surface area (Å²) >= 11 is 0. The fourth-order valence-corrected chi connectivity index (χ4v) is 2.38. The minimum Gasteiger partial charge on any atom is -0.493 e. The Morgan fingerprint density at radius 2 is 2.00 bits per heavy atom. The van der Waals surface area contributed by atoms with Crippen molar-refractivity contribution in [3.8, 4) is 17.6 Å². The van der Waals surface area contributed by atoms with Crippen molar-refractivity contribution in [3.63, 3.8) is 0 Å². The van der Waals surface area contributed by atoms with Gasteiger partial charge in [0, 0.05) is 6.07 Å². The Balaban J connectivity index is 1.94. The van der Waals surface area contributed by atoms with E-state index < -0.39 is 6.10 Å². The van der Waals surface area contributed by atoms with Gasteiger partial charge in [0.1, 0.15) is 0 Å². The minimum atomic E-state index is -0.496. The zero-order valence-corrected chi connectivity index (χ0v) is 13.2. The van der Waals surface area contributed by atoms with E-state index in [0.29, 0.717) is 33.8 Å². The second kappa shape index (κ2) is 6.42. The number of aromatic nitrogens is 2. The molecule has 24 heavy (non-hydrogen) atoms. The highest BCUT2D eigenvalue weighted by atomic mass is 16.5. The highest BCUT2D eigenvalue weighted by Gasteiger charge is 2.15. The van der Waals surface area contributed by atoms with Crippen molar-refractivity contribution >= 4 is 10.9 Å². The molecule has 3 rings (SSSR count). The van der Waals surface area contributed by atoms with Crippen molar-refractivity contribution in [3.05, 3.63) is 64.2 Å². The Morgan fingerprint density at radius 3 is 2.75 bits per heavy atom. The number of H-pyrrole nitrogens is 1. The molecule has 1 atom stereocenters. The molecule has 1 heterocycles. The largest absolute Gasteiger partial charge is 0.493 e. The molecule has 1 aromatic heterocycles. The molecule has 0 aliphatic carbocycles. The fourth-order valence-electron chi connectivity index (χ4n) is 2.38. The maximum absolute atomic E-state index is 12.2. The lowest BCUT2D eigenvalue weighted by atomic mass is 10.2. The van der Waals surface area contributed by atoms with E-state index in [2.05, 4.69) is 9.97 Å². The number of methoxy groups -OCH3 is 1. The molecule has 0 radical (unpaired) electrons. The Morgan fingerprint density at radius 1 is 1.21 bits per heavy atom. The molecular weight excluding hydrogens is 306 g/mol. The molecule has 0 amide bonds. The number of hydrogen-bond acceptors (Lipinski definition) is 5. The van der Waals surface area contributed by atoms with Crippen LogP contribution >= 0.6 is 0 Å². The van der Waals surface area contributed by atoms with Crippen molar-refractivity contribution in [2.45, 2.75) is 13.0 Å². The molecule has 1 N–H and O–H groups in total. The predicted molar refractivity (Wildman–Crippen MR) is 89.1 cm³/mol. The molecule has 0 bridgehead atoms. The second-order valence-corrected chi connectivity index (χ2v) is 5.21. The summed E-state index contributed by atoms with van der Waals surface area (Å²) in [6.07, 6.45) is -0.496. The molecule has 0 spiro atoms. The van der Waals surface area contributed by atoms with E-state index in [1.807, 2.05) is 12.1 Å². The summed E-state index contributed by atoms with van der Waals surface area (Å²) in [6, 6.07) is 14.1. The van der Waals surface area contributed by atoms with Crippen LogP contribution in [0.3, 0.4) is 0 Å². The van der Waals surface area contributed by atoms with Crippen LogP contribution < -0.4 is 15.0 Å². The number of fused-ring (bicyclic) bond motifs is 1. The van der Waals surface area contributed by atoms with Crippen LogP contribution in [0.1, 0.15) is 24.4 Å². The monoisotopic (exact) mass is 321 g/mol. The van der Waals surface area contributed by atoms with E-state index in [-0.39, 0.29) is 5.56 Å². The van der Waals surface area contributed by atoms with Gasteiger partial charge in [-0.25, -0.2) is 4.98 Å². The highest BCUT2D eigenvalue weighted by Crippen LogP contribution is 2.31. The van der Waals surface area contributed by atoms with Crippen LogP contribution in [0.5, 0.6) is 11.5 Å². The zero-order valence-electron chi connectivity index (χ0n) is 13.2. The molecule has 0 aliphatic heterocycles. The summed E-state index contributed by atoms with van der Waals surface area (Å²) < 4.78 is 11.1.